The molecule has 6 rings (SSSR count). The SMILES string of the molecule is CCc1ccc(N2C(=O)C3CC=C4C(CC5(Cl)C(=O)N(CBr)C(=O)C5(Cl)C4c4cccc(F)c4O)C3C2=O)cc1. The fourth-order valence-electron chi connectivity index (χ4n) is 7.00. The van der Waals surface area contributed by atoms with Crippen molar-refractivity contribution in [3.05, 3.63) is 71.1 Å². The van der Waals surface area contributed by atoms with Crippen LogP contribution < -0.4 is 4.90 Å². The lowest BCUT2D eigenvalue weighted by molar-refractivity contribution is -0.138. The molecule has 2 aromatic carbocycles. The van der Waals surface area contributed by atoms with Crippen molar-refractivity contribution in [1.82, 2.24) is 4.90 Å². The second-order valence-corrected chi connectivity index (χ2v) is 12.4. The highest BCUT2D eigenvalue weighted by Gasteiger charge is 2.76. The maximum absolute atomic E-state index is 14.6. The molecule has 6 atom stereocenters. The number of likely N-dealkylation sites (tertiary alicyclic amines) is 1. The first-order valence-corrected chi connectivity index (χ1v) is 14.8. The summed E-state index contributed by atoms with van der Waals surface area (Å²) < 4.78 is 14.6. The van der Waals surface area contributed by atoms with Crippen molar-refractivity contribution in [3.63, 3.8) is 0 Å². The van der Waals surface area contributed by atoms with Crippen LogP contribution in [0.4, 0.5) is 10.1 Å². The van der Waals surface area contributed by atoms with Gasteiger partial charge in [0.25, 0.3) is 11.8 Å². The molecule has 11 heteroatoms. The zero-order valence-electron chi connectivity index (χ0n) is 21.2. The molecular formula is C29H24BrCl2FN2O5. The molecule has 0 radical (unpaired) electrons. The summed E-state index contributed by atoms with van der Waals surface area (Å²) in [6, 6.07) is 11.0. The van der Waals surface area contributed by atoms with Crippen LogP contribution in [-0.2, 0) is 25.6 Å². The average molecular weight is 650 g/mol. The largest absolute Gasteiger partial charge is 0.505 e. The molecule has 2 saturated heterocycles. The molecule has 0 bridgehead atoms. The van der Waals surface area contributed by atoms with Crippen LogP contribution in [0, 0.1) is 23.6 Å². The smallest absolute Gasteiger partial charge is 0.254 e. The monoisotopic (exact) mass is 648 g/mol. The number of halogens is 4. The first-order valence-electron chi connectivity index (χ1n) is 13.0. The molecule has 40 heavy (non-hydrogen) atoms. The van der Waals surface area contributed by atoms with Gasteiger partial charge in [-0.1, -0.05) is 58.8 Å². The summed E-state index contributed by atoms with van der Waals surface area (Å²) in [6.45, 7) is 2.00. The Morgan fingerprint density at radius 3 is 2.38 bits per heavy atom. The van der Waals surface area contributed by atoms with Gasteiger partial charge in [-0.05, 0) is 48.9 Å². The molecule has 1 saturated carbocycles. The number of imide groups is 2. The van der Waals surface area contributed by atoms with Crippen molar-refractivity contribution >= 4 is 68.4 Å². The summed E-state index contributed by atoms with van der Waals surface area (Å²) >= 11 is 17.4. The van der Waals surface area contributed by atoms with E-state index in [-0.39, 0.29) is 29.8 Å². The number of hydrogen-bond donors (Lipinski definition) is 1. The van der Waals surface area contributed by atoms with Crippen molar-refractivity contribution in [2.45, 2.75) is 41.9 Å². The molecule has 0 spiro atoms. The van der Waals surface area contributed by atoms with Gasteiger partial charge < -0.3 is 5.11 Å². The number of allylic oxidation sites excluding steroid dienone is 2. The zero-order chi connectivity index (χ0) is 28.7. The third kappa shape index (κ3) is 3.40. The summed E-state index contributed by atoms with van der Waals surface area (Å²) in [7, 11) is 0. The quantitative estimate of drug-likeness (QED) is 0.218. The predicted molar refractivity (Wildman–Crippen MR) is 150 cm³/mol. The molecule has 0 aromatic heterocycles. The number of para-hydroxylation sites is 1. The van der Waals surface area contributed by atoms with Crippen molar-refractivity contribution in [2.24, 2.45) is 17.8 Å². The Hall–Kier alpha value is -2.75. The van der Waals surface area contributed by atoms with Gasteiger partial charge in [0.15, 0.2) is 21.3 Å². The van der Waals surface area contributed by atoms with E-state index < -0.39 is 62.7 Å². The number of phenols is 1. The molecule has 6 unspecified atom stereocenters. The van der Waals surface area contributed by atoms with Crippen LogP contribution in [0.25, 0.3) is 0 Å². The lowest BCUT2D eigenvalue weighted by Crippen LogP contribution is -2.60. The number of hydrogen-bond acceptors (Lipinski definition) is 5. The molecule has 7 nitrogen and oxygen atoms in total. The second kappa shape index (κ2) is 9.39. The number of phenolic OH excluding ortho intramolecular Hbond substituents is 1. The molecule has 4 aliphatic rings. The van der Waals surface area contributed by atoms with Gasteiger partial charge in [-0.2, -0.15) is 0 Å². The number of amides is 4. The maximum Gasteiger partial charge on any atom is 0.254 e. The summed E-state index contributed by atoms with van der Waals surface area (Å²) in [5.41, 5.74) is 1.79. The minimum Gasteiger partial charge on any atom is -0.505 e. The lowest BCUT2D eigenvalue weighted by atomic mass is 9.56. The fraction of sp³-hybridized carbons (Fsp3) is 0.379. The van der Waals surface area contributed by atoms with E-state index in [2.05, 4.69) is 15.9 Å². The van der Waals surface area contributed by atoms with Crippen LogP contribution in [-0.4, -0.2) is 48.8 Å². The third-order valence-corrected chi connectivity index (χ3v) is 10.9. The Bertz CT molecular complexity index is 1520. The standard InChI is InChI=1S/C29H24BrCl2FN2O5/c1-2-14-6-8-15(9-7-14)35-24(37)17-11-10-16-19(21(17)25(35)38)12-28(31)26(39)34(13-30)27(40)29(28,32)22(16)18-4-3-5-20(33)23(18)36/h3-10,17,19,21-22,36H,2,11-13H2,1H3. The number of carbonyl (C=O) groups is 4. The highest BCUT2D eigenvalue weighted by Crippen LogP contribution is 2.66. The fourth-order valence-corrected chi connectivity index (χ4v) is 8.42. The number of benzene rings is 2. The van der Waals surface area contributed by atoms with Gasteiger partial charge in [0.2, 0.25) is 11.8 Å². The van der Waals surface area contributed by atoms with Gasteiger partial charge in [0.1, 0.15) is 0 Å². The lowest BCUT2D eigenvalue weighted by Gasteiger charge is -2.50. The third-order valence-electron chi connectivity index (χ3n) is 8.95. The number of anilines is 1. The Kier molecular flexibility index (Phi) is 6.44. The molecule has 2 heterocycles. The molecule has 1 N–H and O–H groups in total. The van der Waals surface area contributed by atoms with Crippen molar-refractivity contribution in [3.8, 4) is 5.75 Å². The average Bonchev–Trinajstić information content (AvgIpc) is 3.28. The highest BCUT2D eigenvalue weighted by molar-refractivity contribution is 9.09. The van der Waals surface area contributed by atoms with Crippen LogP contribution in [0.2, 0.25) is 0 Å². The number of aromatic hydroxyl groups is 1. The highest BCUT2D eigenvalue weighted by atomic mass is 79.9. The topological polar surface area (TPSA) is 95.0 Å². The van der Waals surface area contributed by atoms with Crippen LogP contribution in [0.1, 0.15) is 36.8 Å². The van der Waals surface area contributed by atoms with Crippen LogP contribution in [0.5, 0.6) is 5.75 Å². The molecule has 208 valence electrons. The van der Waals surface area contributed by atoms with E-state index >= 15 is 0 Å². The molecule has 2 aromatic rings. The van der Waals surface area contributed by atoms with E-state index in [1.165, 1.54) is 17.0 Å². The number of carbonyl (C=O) groups excluding carboxylic acids is 4. The van der Waals surface area contributed by atoms with E-state index in [1.54, 1.807) is 18.2 Å². The van der Waals surface area contributed by atoms with E-state index in [1.807, 2.05) is 19.1 Å². The zero-order valence-corrected chi connectivity index (χ0v) is 24.3. The van der Waals surface area contributed by atoms with Crippen molar-refractivity contribution < 1.29 is 28.7 Å². The summed E-state index contributed by atoms with van der Waals surface area (Å²) in [5, 5.41) is 10.8. The van der Waals surface area contributed by atoms with Crippen molar-refractivity contribution in [2.75, 3.05) is 10.4 Å². The Morgan fingerprint density at radius 2 is 1.73 bits per heavy atom. The summed E-state index contributed by atoms with van der Waals surface area (Å²) in [5.74, 6) is -7.58. The van der Waals surface area contributed by atoms with Crippen molar-refractivity contribution in [1.29, 1.82) is 0 Å². The maximum atomic E-state index is 14.6. The first kappa shape index (κ1) is 27.4. The predicted octanol–water partition coefficient (Wildman–Crippen LogP) is 5.01. The van der Waals surface area contributed by atoms with Gasteiger partial charge >= 0.3 is 0 Å². The second-order valence-electron chi connectivity index (χ2n) is 10.7. The van der Waals surface area contributed by atoms with Gasteiger partial charge in [0.05, 0.1) is 23.0 Å². The van der Waals surface area contributed by atoms with Gasteiger partial charge in [-0.15, -0.1) is 23.2 Å². The minimum absolute atomic E-state index is 0.0178. The Morgan fingerprint density at radius 1 is 1.02 bits per heavy atom. The van der Waals surface area contributed by atoms with E-state index in [9.17, 15) is 28.7 Å². The molecule has 2 aliphatic carbocycles. The molecule has 2 aliphatic heterocycles. The van der Waals surface area contributed by atoms with E-state index in [0.29, 0.717) is 11.3 Å². The summed E-state index contributed by atoms with van der Waals surface area (Å²) in [4.78, 5) is 52.9. The summed E-state index contributed by atoms with van der Waals surface area (Å²) in [6.07, 6.45) is 2.52. The van der Waals surface area contributed by atoms with Gasteiger partial charge in [0, 0.05) is 11.5 Å². The Balaban J connectivity index is 1.51. The minimum atomic E-state index is -2.11. The number of nitrogens with zero attached hydrogens (tertiary/aromatic N) is 2. The van der Waals surface area contributed by atoms with Crippen LogP contribution in [0.3, 0.4) is 0 Å². The van der Waals surface area contributed by atoms with Crippen LogP contribution >= 0.6 is 39.1 Å². The number of fused-ring (bicyclic) bond motifs is 4. The van der Waals surface area contributed by atoms with E-state index in [0.717, 1.165) is 23.0 Å². The van der Waals surface area contributed by atoms with Crippen LogP contribution in [0.15, 0.2) is 54.1 Å². The van der Waals surface area contributed by atoms with E-state index in [4.69, 9.17) is 23.2 Å². The molecule has 4 amide bonds. The number of alkyl halides is 3. The molecule has 3 fully saturated rings. The number of rotatable bonds is 4. The number of aryl methyl sites for hydroxylation is 1. The normalized spacial score (nSPS) is 33.2. The van der Waals surface area contributed by atoms with Gasteiger partial charge in [-0.3, -0.25) is 29.0 Å². The first-order chi connectivity index (χ1) is 19.0. The molecular weight excluding hydrogens is 626 g/mol. The Labute approximate surface area is 248 Å². The van der Waals surface area contributed by atoms with Gasteiger partial charge in [-0.25, -0.2) is 4.39 Å².